The van der Waals surface area contributed by atoms with Gasteiger partial charge in [-0.3, -0.25) is 19.3 Å². The Kier molecular flexibility index (Phi) is 10.8. The average Bonchev–Trinajstić information content (AvgIpc) is 3.91. The van der Waals surface area contributed by atoms with E-state index in [0.29, 0.717) is 16.8 Å². The molecule has 2 aliphatic heterocycles. The lowest BCUT2D eigenvalue weighted by atomic mass is 9.98. The number of nitriles is 1. The van der Waals surface area contributed by atoms with Gasteiger partial charge in [-0.2, -0.15) is 5.26 Å². The van der Waals surface area contributed by atoms with Gasteiger partial charge in [-0.05, 0) is 85.2 Å². The molecular weight excluding hydrogens is 670 g/mol. The van der Waals surface area contributed by atoms with Crippen LogP contribution in [-0.4, -0.2) is 77.8 Å². The number of anilines is 1. The van der Waals surface area contributed by atoms with Gasteiger partial charge in [0.25, 0.3) is 5.91 Å². The number of nitrogens with zero attached hydrogens (tertiary/aromatic N) is 5. The van der Waals surface area contributed by atoms with Crippen molar-refractivity contribution in [3.05, 3.63) is 113 Å². The zero-order valence-electron chi connectivity index (χ0n) is 29.9. The van der Waals surface area contributed by atoms with Gasteiger partial charge in [0.1, 0.15) is 17.6 Å². The SMILES string of the molecule is C[C@H](NC(=O)[C@@H]1C[C@@H](C#N)CN1C(=O)CNC(=O)c1ccc2cc(F)ccc2n1)c1ccc(N2CCN(Cc3ccccc3)CC2)cc1/C=C/C1CC1. The maximum absolute atomic E-state index is 13.8. The number of amides is 3. The van der Waals surface area contributed by atoms with Gasteiger partial charge in [-0.15, -0.1) is 0 Å². The molecule has 4 aromatic rings. The first kappa shape index (κ1) is 35.8. The van der Waals surface area contributed by atoms with Crippen LogP contribution in [0.3, 0.4) is 0 Å². The number of fused-ring (bicyclic) bond motifs is 1. The van der Waals surface area contributed by atoms with Crippen molar-refractivity contribution in [3.63, 3.8) is 0 Å². The van der Waals surface area contributed by atoms with Crippen LogP contribution in [0.2, 0.25) is 0 Å². The lowest BCUT2D eigenvalue weighted by Gasteiger charge is -2.36. The number of likely N-dealkylation sites (tertiary alicyclic amines) is 1. The molecule has 3 amide bonds. The molecular formula is C42H44FN7O3. The van der Waals surface area contributed by atoms with E-state index in [1.165, 1.54) is 47.6 Å². The van der Waals surface area contributed by atoms with Gasteiger partial charge >= 0.3 is 0 Å². The summed E-state index contributed by atoms with van der Waals surface area (Å²) >= 11 is 0. The van der Waals surface area contributed by atoms with Crippen molar-refractivity contribution in [1.29, 1.82) is 5.26 Å². The summed E-state index contributed by atoms with van der Waals surface area (Å²) in [5.74, 6) is -1.70. The Balaban J connectivity index is 0.992. The molecule has 0 unspecified atom stereocenters. The molecule has 1 aromatic heterocycles. The fraction of sp³-hybridized carbons (Fsp3) is 0.357. The second kappa shape index (κ2) is 16.0. The molecule has 7 rings (SSSR count). The van der Waals surface area contributed by atoms with Crippen LogP contribution >= 0.6 is 0 Å². The summed E-state index contributed by atoms with van der Waals surface area (Å²) in [5.41, 5.74) is 5.04. The topological polar surface area (TPSA) is 122 Å². The summed E-state index contributed by atoms with van der Waals surface area (Å²) in [7, 11) is 0. The van der Waals surface area contributed by atoms with Crippen molar-refractivity contribution < 1.29 is 18.8 Å². The molecule has 53 heavy (non-hydrogen) atoms. The van der Waals surface area contributed by atoms with Crippen molar-refractivity contribution in [3.8, 4) is 6.07 Å². The molecule has 3 aromatic carbocycles. The minimum atomic E-state index is -0.850. The van der Waals surface area contributed by atoms with Crippen LogP contribution < -0.4 is 15.5 Å². The summed E-state index contributed by atoms with van der Waals surface area (Å²) in [4.78, 5) is 50.7. The number of carbonyl (C=O) groups excluding carboxylic acids is 3. The van der Waals surface area contributed by atoms with Gasteiger partial charge < -0.3 is 20.4 Å². The summed E-state index contributed by atoms with van der Waals surface area (Å²) in [5, 5.41) is 16.0. The minimum absolute atomic E-state index is 0.0826. The van der Waals surface area contributed by atoms with Crippen LogP contribution in [0.4, 0.5) is 10.1 Å². The summed E-state index contributed by atoms with van der Waals surface area (Å²) in [6.45, 7) is 6.43. The zero-order valence-corrected chi connectivity index (χ0v) is 29.9. The maximum Gasteiger partial charge on any atom is 0.270 e. The van der Waals surface area contributed by atoms with E-state index in [4.69, 9.17) is 0 Å². The number of benzene rings is 3. The highest BCUT2D eigenvalue weighted by molar-refractivity contribution is 5.97. The van der Waals surface area contributed by atoms with Crippen molar-refractivity contribution in [1.82, 2.24) is 25.4 Å². The number of allylic oxidation sites excluding steroid dienone is 1. The van der Waals surface area contributed by atoms with E-state index in [9.17, 15) is 24.0 Å². The Morgan fingerprint density at radius 3 is 2.55 bits per heavy atom. The number of hydrogen-bond acceptors (Lipinski definition) is 7. The zero-order chi connectivity index (χ0) is 36.9. The monoisotopic (exact) mass is 713 g/mol. The molecule has 3 atom stereocenters. The van der Waals surface area contributed by atoms with Crippen molar-refractivity contribution in [2.45, 2.75) is 44.8 Å². The molecule has 0 radical (unpaired) electrons. The third-order valence-electron chi connectivity index (χ3n) is 10.4. The molecule has 3 aliphatic rings. The fourth-order valence-electron chi connectivity index (χ4n) is 7.24. The Hall–Kier alpha value is -5.60. The van der Waals surface area contributed by atoms with E-state index in [0.717, 1.165) is 49.5 Å². The number of halogens is 1. The van der Waals surface area contributed by atoms with E-state index in [1.54, 1.807) is 6.07 Å². The smallest absolute Gasteiger partial charge is 0.270 e. The lowest BCUT2D eigenvalue weighted by Crippen LogP contribution is -2.49. The molecule has 0 bridgehead atoms. The van der Waals surface area contributed by atoms with Gasteiger partial charge in [0.2, 0.25) is 11.8 Å². The highest BCUT2D eigenvalue weighted by Crippen LogP contribution is 2.33. The Labute approximate surface area is 309 Å². The Morgan fingerprint density at radius 1 is 1.00 bits per heavy atom. The van der Waals surface area contributed by atoms with E-state index < -0.39 is 29.6 Å². The highest BCUT2D eigenvalue weighted by atomic mass is 19.1. The summed E-state index contributed by atoms with van der Waals surface area (Å²) < 4.78 is 13.6. The van der Waals surface area contributed by atoms with E-state index in [1.807, 2.05) is 13.0 Å². The normalized spacial score (nSPS) is 19.6. The number of carbonyl (C=O) groups is 3. The van der Waals surface area contributed by atoms with Crippen LogP contribution in [0.25, 0.3) is 17.0 Å². The van der Waals surface area contributed by atoms with Gasteiger partial charge in [0.15, 0.2) is 0 Å². The first-order valence-electron chi connectivity index (χ1n) is 18.4. The number of rotatable bonds is 11. The first-order valence-corrected chi connectivity index (χ1v) is 18.4. The maximum atomic E-state index is 13.8. The third kappa shape index (κ3) is 8.72. The van der Waals surface area contributed by atoms with Gasteiger partial charge in [0, 0.05) is 50.3 Å². The molecule has 0 spiro atoms. The minimum Gasteiger partial charge on any atom is -0.369 e. The quantitative estimate of drug-likeness (QED) is 0.212. The van der Waals surface area contributed by atoms with Crippen LogP contribution in [0.5, 0.6) is 0 Å². The second-order valence-corrected chi connectivity index (χ2v) is 14.3. The standard InChI is InChI=1S/C42H44FN7O3/c1-28(36-14-13-35(23-32(36)10-9-29-7-8-29)49-19-17-48(18-20-49)26-30-5-3-2-4-6-30)46-42(53)39-21-31(24-44)27-50(39)40(51)25-45-41(52)38-15-11-33-22-34(43)12-16-37(33)47-38/h2-6,9-16,22-23,28-29,31,39H,7-8,17-21,25-27H2,1H3,(H,45,52)(H,46,53)/b10-9+/t28-,31-,39-/m0/s1. The van der Waals surface area contributed by atoms with Crippen LogP contribution in [0.1, 0.15) is 59.4 Å². The molecule has 2 saturated heterocycles. The molecule has 2 N–H and O–H groups in total. The number of hydrogen-bond donors (Lipinski definition) is 2. The molecule has 3 fully saturated rings. The number of piperazine rings is 1. The van der Waals surface area contributed by atoms with Crippen molar-refractivity contribution in [2.24, 2.45) is 11.8 Å². The first-order chi connectivity index (χ1) is 25.7. The van der Waals surface area contributed by atoms with Crippen molar-refractivity contribution in [2.75, 3.05) is 44.2 Å². The second-order valence-electron chi connectivity index (χ2n) is 14.3. The van der Waals surface area contributed by atoms with Crippen LogP contribution in [0, 0.1) is 29.0 Å². The number of pyridine rings is 1. The number of nitrogens with one attached hydrogen (secondary N) is 2. The van der Waals surface area contributed by atoms with E-state index >= 15 is 0 Å². The number of aromatic nitrogens is 1. The summed E-state index contributed by atoms with van der Waals surface area (Å²) in [6, 6.07) is 25.1. The molecule has 11 heteroatoms. The van der Waals surface area contributed by atoms with Gasteiger partial charge in [0.05, 0.1) is 30.1 Å². The molecule has 272 valence electrons. The van der Waals surface area contributed by atoms with Gasteiger partial charge in [-0.1, -0.05) is 54.6 Å². The predicted molar refractivity (Wildman–Crippen MR) is 202 cm³/mol. The third-order valence-corrected chi connectivity index (χ3v) is 10.4. The average molecular weight is 714 g/mol. The molecule has 10 nitrogen and oxygen atoms in total. The van der Waals surface area contributed by atoms with E-state index in [2.05, 4.69) is 86.1 Å². The fourth-order valence-corrected chi connectivity index (χ4v) is 7.24. The Bertz CT molecular complexity index is 2050. The van der Waals surface area contributed by atoms with Crippen molar-refractivity contribution >= 4 is 40.4 Å². The molecule has 3 heterocycles. The van der Waals surface area contributed by atoms with Gasteiger partial charge in [-0.25, -0.2) is 9.37 Å². The van der Waals surface area contributed by atoms with E-state index in [-0.39, 0.29) is 37.2 Å². The van der Waals surface area contributed by atoms with Crippen LogP contribution in [0.15, 0.2) is 84.9 Å². The predicted octanol–water partition coefficient (Wildman–Crippen LogP) is 5.47. The summed E-state index contributed by atoms with van der Waals surface area (Å²) in [6.07, 6.45) is 7.01. The molecule has 1 saturated carbocycles. The Morgan fingerprint density at radius 2 is 1.79 bits per heavy atom. The lowest BCUT2D eigenvalue weighted by molar-refractivity contribution is -0.138. The largest absolute Gasteiger partial charge is 0.369 e. The highest BCUT2D eigenvalue weighted by Gasteiger charge is 2.40. The van der Waals surface area contributed by atoms with Crippen LogP contribution in [-0.2, 0) is 16.1 Å². The molecule has 1 aliphatic carbocycles.